The Morgan fingerprint density at radius 2 is 2.46 bits per heavy atom. The van der Waals surface area contributed by atoms with Crippen LogP contribution in [0.15, 0.2) is 16.4 Å². The fourth-order valence-electron chi connectivity index (χ4n) is 1.29. The molecule has 0 saturated heterocycles. The molecule has 5 heteroatoms. The summed E-state index contributed by atoms with van der Waals surface area (Å²) in [7, 11) is 0. The van der Waals surface area contributed by atoms with Crippen LogP contribution in [0.3, 0.4) is 0 Å². The van der Waals surface area contributed by atoms with E-state index in [4.69, 9.17) is 0 Å². The summed E-state index contributed by atoms with van der Waals surface area (Å²) in [5, 5.41) is 1.02. The van der Waals surface area contributed by atoms with Crippen molar-refractivity contribution in [3.05, 3.63) is 16.4 Å². The molecule has 0 bridgehead atoms. The Labute approximate surface area is 89.8 Å². The SMILES string of the molecule is CC1=C(Br)CN(c2ncns2)CC1. The van der Waals surface area contributed by atoms with E-state index in [0.29, 0.717) is 0 Å². The maximum atomic E-state index is 4.19. The lowest BCUT2D eigenvalue weighted by molar-refractivity contribution is 0.779. The van der Waals surface area contributed by atoms with Crippen LogP contribution in [0.25, 0.3) is 0 Å². The third-order valence-corrected chi connectivity index (χ3v) is 3.82. The van der Waals surface area contributed by atoms with Crippen molar-refractivity contribution in [3.63, 3.8) is 0 Å². The zero-order valence-electron chi connectivity index (χ0n) is 7.33. The Hall–Kier alpha value is -0.420. The molecule has 1 aromatic rings. The number of anilines is 1. The summed E-state index contributed by atoms with van der Waals surface area (Å²) in [5.74, 6) is 0. The number of halogens is 1. The molecule has 1 aromatic heterocycles. The van der Waals surface area contributed by atoms with E-state index >= 15 is 0 Å². The number of nitrogens with zero attached hydrogens (tertiary/aromatic N) is 3. The van der Waals surface area contributed by atoms with Gasteiger partial charge in [-0.05, 0) is 13.3 Å². The zero-order valence-corrected chi connectivity index (χ0v) is 9.73. The molecule has 2 heterocycles. The summed E-state index contributed by atoms with van der Waals surface area (Å²) in [6, 6.07) is 0. The molecule has 0 fully saturated rings. The standard InChI is InChI=1S/C8H10BrN3S/c1-6-2-3-12(4-7(6)9)8-10-5-11-13-8/h5H,2-4H2,1H3. The molecule has 0 atom stereocenters. The van der Waals surface area contributed by atoms with Gasteiger partial charge >= 0.3 is 0 Å². The van der Waals surface area contributed by atoms with Gasteiger partial charge in [0.25, 0.3) is 0 Å². The van der Waals surface area contributed by atoms with Crippen molar-refractivity contribution in [3.8, 4) is 0 Å². The molecule has 0 unspecified atom stereocenters. The highest BCUT2D eigenvalue weighted by molar-refractivity contribution is 9.11. The van der Waals surface area contributed by atoms with Crippen LogP contribution in [0.2, 0.25) is 0 Å². The minimum atomic E-state index is 0.932. The van der Waals surface area contributed by atoms with Crippen molar-refractivity contribution in [1.82, 2.24) is 9.36 Å². The van der Waals surface area contributed by atoms with Crippen molar-refractivity contribution in [1.29, 1.82) is 0 Å². The third kappa shape index (κ3) is 1.91. The molecule has 0 aliphatic carbocycles. The molecule has 0 saturated carbocycles. The Kier molecular flexibility index (Phi) is 2.64. The van der Waals surface area contributed by atoms with Crippen LogP contribution >= 0.6 is 27.5 Å². The molecule has 3 nitrogen and oxygen atoms in total. The number of hydrogen-bond acceptors (Lipinski definition) is 4. The second kappa shape index (κ2) is 3.75. The molecule has 1 aliphatic rings. The summed E-state index contributed by atoms with van der Waals surface area (Å²) < 4.78 is 5.29. The van der Waals surface area contributed by atoms with Gasteiger partial charge in [0, 0.05) is 22.6 Å². The van der Waals surface area contributed by atoms with Crippen molar-refractivity contribution in [2.45, 2.75) is 13.3 Å². The largest absolute Gasteiger partial charge is 0.342 e. The maximum Gasteiger partial charge on any atom is 0.205 e. The Morgan fingerprint density at radius 1 is 1.62 bits per heavy atom. The van der Waals surface area contributed by atoms with Crippen LogP contribution < -0.4 is 4.90 Å². The van der Waals surface area contributed by atoms with Gasteiger partial charge in [0.05, 0.1) is 6.54 Å². The van der Waals surface area contributed by atoms with Gasteiger partial charge in [0.15, 0.2) is 0 Å². The van der Waals surface area contributed by atoms with Crippen LogP contribution in [0.4, 0.5) is 5.13 Å². The molecular weight excluding hydrogens is 250 g/mol. The first-order valence-corrected chi connectivity index (χ1v) is 5.70. The Balaban J connectivity index is 2.14. The predicted molar refractivity (Wildman–Crippen MR) is 58.4 cm³/mol. The van der Waals surface area contributed by atoms with Crippen molar-refractivity contribution in [2.24, 2.45) is 0 Å². The normalized spacial score (nSPS) is 18.2. The number of rotatable bonds is 1. The van der Waals surface area contributed by atoms with Crippen LogP contribution in [0, 0.1) is 0 Å². The van der Waals surface area contributed by atoms with Gasteiger partial charge in [-0.2, -0.15) is 4.37 Å². The number of aromatic nitrogens is 2. The average Bonchev–Trinajstić information content (AvgIpc) is 2.62. The summed E-state index contributed by atoms with van der Waals surface area (Å²) in [5.41, 5.74) is 1.45. The van der Waals surface area contributed by atoms with Crippen LogP contribution in [-0.2, 0) is 0 Å². The first kappa shape index (κ1) is 9.15. The van der Waals surface area contributed by atoms with E-state index in [1.165, 1.54) is 21.6 Å². The molecule has 0 spiro atoms. The van der Waals surface area contributed by atoms with Gasteiger partial charge in [-0.15, -0.1) is 0 Å². The van der Waals surface area contributed by atoms with Crippen molar-refractivity contribution < 1.29 is 0 Å². The minimum absolute atomic E-state index is 0.932. The van der Waals surface area contributed by atoms with E-state index in [9.17, 15) is 0 Å². The van der Waals surface area contributed by atoms with E-state index in [1.807, 2.05) is 0 Å². The molecule has 0 radical (unpaired) electrons. The molecule has 70 valence electrons. The minimum Gasteiger partial charge on any atom is -0.342 e. The van der Waals surface area contributed by atoms with Crippen molar-refractivity contribution in [2.75, 3.05) is 18.0 Å². The first-order chi connectivity index (χ1) is 6.27. The van der Waals surface area contributed by atoms with Gasteiger partial charge in [-0.3, -0.25) is 0 Å². The highest BCUT2D eigenvalue weighted by Gasteiger charge is 2.16. The summed E-state index contributed by atoms with van der Waals surface area (Å²) in [6.45, 7) is 4.15. The van der Waals surface area contributed by atoms with Crippen LogP contribution in [0.1, 0.15) is 13.3 Å². The predicted octanol–water partition coefficient (Wildman–Crippen LogP) is 2.42. The quantitative estimate of drug-likeness (QED) is 0.776. The molecule has 2 rings (SSSR count). The summed E-state index contributed by atoms with van der Waals surface area (Å²) >= 11 is 5.03. The zero-order chi connectivity index (χ0) is 9.26. The number of hydrogen-bond donors (Lipinski definition) is 0. The lowest BCUT2D eigenvalue weighted by atomic mass is 10.1. The Bertz CT molecular complexity index is 320. The molecular formula is C8H10BrN3S. The van der Waals surface area contributed by atoms with E-state index in [1.54, 1.807) is 6.33 Å². The van der Waals surface area contributed by atoms with Crippen LogP contribution in [-0.4, -0.2) is 22.4 Å². The molecule has 1 aliphatic heterocycles. The molecule has 13 heavy (non-hydrogen) atoms. The highest BCUT2D eigenvalue weighted by Crippen LogP contribution is 2.26. The monoisotopic (exact) mass is 259 g/mol. The van der Waals surface area contributed by atoms with E-state index < -0.39 is 0 Å². The second-order valence-electron chi connectivity index (χ2n) is 3.08. The first-order valence-electron chi connectivity index (χ1n) is 4.13. The van der Waals surface area contributed by atoms with Crippen molar-refractivity contribution >= 4 is 32.6 Å². The average molecular weight is 260 g/mol. The van der Waals surface area contributed by atoms with E-state index in [-0.39, 0.29) is 0 Å². The van der Waals surface area contributed by atoms with Gasteiger partial charge in [-0.1, -0.05) is 21.5 Å². The third-order valence-electron chi connectivity index (χ3n) is 2.17. The van der Waals surface area contributed by atoms with Gasteiger partial charge in [0.2, 0.25) is 5.13 Å². The highest BCUT2D eigenvalue weighted by atomic mass is 79.9. The molecule has 0 N–H and O–H groups in total. The molecule has 0 amide bonds. The fraction of sp³-hybridized carbons (Fsp3) is 0.500. The molecule has 0 aromatic carbocycles. The fourth-order valence-corrected chi connectivity index (χ4v) is 2.34. The van der Waals surface area contributed by atoms with Gasteiger partial charge in [-0.25, -0.2) is 4.98 Å². The Morgan fingerprint density at radius 3 is 3.08 bits per heavy atom. The second-order valence-corrected chi connectivity index (χ2v) is 4.80. The maximum absolute atomic E-state index is 4.19. The summed E-state index contributed by atoms with van der Waals surface area (Å²) in [6.07, 6.45) is 2.72. The van der Waals surface area contributed by atoms with E-state index in [0.717, 1.165) is 24.6 Å². The van der Waals surface area contributed by atoms with Gasteiger partial charge in [0.1, 0.15) is 6.33 Å². The van der Waals surface area contributed by atoms with Gasteiger partial charge < -0.3 is 4.90 Å². The summed E-state index contributed by atoms with van der Waals surface area (Å²) in [4.78, 5) is 6.43. The lowest BCUT2D eigenvalue weighted by Crippen LogP contribution is -2.29. The smallest absolute Gasteiger partial charge is 0.205 e. The topological polar surface area (TPSA) is 29.0 Å². The lowest BCUT2D eigenvalue weighted by Gasteiger charge is -2.26. The van der Waals surface area contributed by atoms with E-state index in [2.05, 4.69) is 37.1 Å². The van der Waals surface area contributed by atoms with Crippen LogP contribution in [0.5, 0.6) is 0 Å².